The van der Waals surface area contributed by atoms with E-state index in [0.29, 0.717) is 18.0 Å². The minimum absolute atomic E-state index is 0.0394. The van der Waals surface area contributed by atoms with Gasteiger partial charge in [0.1, 0.15) is 5.75 Å². The van der Waals surface area contributed by atoms with Gasteiger partial charge in [0.15, 0.2) is 0 Å². The van der Waals surface area contributed by atoms with Gasteiger partial charge in [0.25, 0.3) is 0 Å². The van der Waals surface area contributed by atoms with Gasteiger partial charge in [-0.3, -0.25) is 4.21 Å². The van der Waals surface area contributed by atoms with Gasteiger partial charge in [0.05, 0.1) is 22.8 Å². The van der Waals surface area contributed by atoms with Crippen LogP contribution in [0.4, 0.5) is 0 Å². The normalized spacial score (nSPS) is 13.4. The second-order valence-electron chi connectivity index (χ2n) is 4.82. The average Bonchev–Trinajstić information content (AvgIpc) is 2.36. The summed E-state index contributed by atoms with van der Waals surface area (Å²) in [4.78, 5) is 0.767. The van der Waals surface area contributed by atoms with Crippen molar-refractivity contribution < 1.29 is 8.95 Å². The smallest absolute Gasteiger partial charge is 0.134 e. The van der Waals surface area contributed by atoms with E-state index >= 15 is 0 Å². The van der Waals surface area contributed by atoms with Gasteiger partial charge < -0.3 is 10.5 Å². The second kappa shape index (κ2) is 6.17. The number of nitrogens with two attached hydrogens (primary N) is 1. The highest BCUT2D eigenvalue weighted by atomic mass is 32.2. The molecule has 0 aliphatic heterocycles. The Morgan fingerprint density at radius 3 is 2.59 bits per heavy atom. The molecule has 1 rings (SSSR count). The monoisotopic (exact) mass is 255 g/mol. The number of methoxy groups -OCH3 is 1. The van der Waals surface area contributed by atoms with E-state index in [1.165, 1.54) is 0 Å². The molecule has 0 radical (unpaired) electrons. The zero-order valence-corrected chi connectivity index (χ0v) is 11.5. The van der Waals surface area contributed by atoms with Crippen molar-refractivity contribution in [3.8, 4) is 5.75 Å². The Kier molecular flexibility index (Phi) is 5.15. The SMILES string of the molecule is COc1ccccc1S(=O)CCC(C)(C)CN. The van der Waals surface area contributed by atoms with Gasteiger partial charge in [-0.1, -0.05) is 26.0 Å². The van der Waals surface area contributed by atoms with Crippen LogP contribution in [-0.2, 0) is 10.8 Å². The lowest BCUT2D eigenvalue weighted by atomic mass is 9.91. The molecule has 0 aromatic heterocycles. The summed E-state index contributed by atoms with van der Waals surface area (Å²) in [6.07, 6.45) is 0.841. The summed E-state index contributed by atoms with van der Waals surface area (Å²) in [7, 11) is 0.574. The van der Waals surface area contributed by atoms with Crippen molar-refractivity contribution in [1.82, 2.24) is 0 Å². The molecular weight excluding hydrogens is 234 g/mol. The topological polar surface area (TPSA) is 52.3 Å². The molecule has 1 aromatic carbocycles. The number of hydrogen-bond donors (Lipinski definition) is 1. The molecule has 0 amide bonds. The van der Waals surface area contributed by atoms with Crippen LogP contribution in [0, 0.1) is 5.41 Å². The van der Waals surface area contributed by atoms with E-state index in [2.05, 4.69) is 13.8 Å². The van der Waals surface area contributed by atoms with Gasteiger partial charge >= 0.3 is 0 Å². The van der Waals surface area contributed by atoms with Crippen molar-refractivity contribution in [3.63, 3.8) is 0 Å². The summed E-state index contributed by atoms with van der Waals surface area (Å²) in [5.41, 5.74) is 5.70. The highest BCUT2D eigenvalue weighted by Gasteiger charge is 2.18. The lowest BCUT2D eigenvalue weighted by molar-refractivity contribution is 0.366. The summed E-state index contributed by atoms with van der Waals surface area (Å²) >= 11 is 0. The summed E-state index contributed by atoms with van der Waals surface area (Å²) < 4.78 is 17.4. The molecule has 0 fully saturated rings. The highest BCUT2D eigenvalue weighted by molar-refractivity contribution is 7.85. The van der Waals surface area contributed by atoms with Crippen molar-refractivity contribution >= 4 is 10.8 Å². The Labute approximate surface area is 106 Å². The third-order valence-electron chi connectivity index (χ3n) is 2.83. The molecule has 3 nitrogen and oxygen atoms in total. The van der Waals surface area contributed by atoms with Crippen molar-refractivity contribution in [2.45, 2.75) is 25.2 Å². The van der Waals surface area contributed by atoms with Gasteiger partial charge in [0, 0.05) is 5.75 Å². The Morgan fingerprint density at radius 2 is 2.00 bits per heavy atom. The van der Waals surface area contributed by atoms with Gasteiger partial charge in [0.2, 0.25) is 0 Å². The molecule has 1 atom stereocenters. The van der Waals surface area contributed by atoms with Crippen LogP contribution in [0.1, 0.15) is 20.3 Å². The fourth-order valence-corrected chi connectivity index (χ4v) is 2.95. The van der Waals surface area contributed by atoms with E-state index in [9.17, 15) is 4.21 Å². The molecule has 0 aliphatic rings. The molecule has 0 saturated carbocycles. The van der Waals surface area contributed by atoms with Crippen LogP contribution in [-0.4, -0.2) is 23.6 Å². The van der Waals surface area contributed by atoms with Gasteiger partial charge in [-0.2, -0.15) is 0 Å². The van der Waals surface area contributed by atoms with Crippen LogP contribution in [0.25, 0.3) is 0 Å². The van der Waals surface area contributed by atoms with E-state index in [1.807, 2.05) is 24.3 Å². The number of para-hydroxylation sites is 1. The Balaban J connectivity index is 2.70. The van der Waals surface area contributed by atoms with Crippen molar-refractivity contribution in [3.05, 3.63) is 24.3 Å². The van der Waals surface area contributed by atoms with Gasteiger partial charge in [-0.05, 0) is 30.5 Å². The highest BCUT2D eigenvalue weighted by Crippen LogP contribution is 2.25. The number of rotatable bonds is 6. The molecule has 96 valence electrons. The molecule has 1 unspecified atom stereocenters. The first-order chi connectivity index (χ1) is 8.00. The predicted octanol–water partition coefficient (Wildman–Crippen LogP) is 2.18. The van der Waals surface area contributed by atoms with E-state index in [1.54, 1.807) is 7.11 Å². The van der Waals surface area contributed by atoms with Crippen molar-refractivity contribution in [1.29, 1.82) is 0 Å². The standard InChI is InChI=1S/C13H21NO2S/c1-13(2,10-14)8-9-17(15)12-7-5-4-6-11(12)16-3/h4-7H,8-10,14H2,1-3H3. The first kappa shape index (κ1) is 14.2. The molecule has 0 bridgehead atoms. The zero-order valence-electron chi connectivity index (χ0n) is 10.7. The van der Waals surface area contributed by atoms with Crippen LogP contribution in [0.5, 0.6) is 5.75 Å². The van der Waals surface area contributed by atoms with Crippen LogP contribution in [0.3, 0.4) is 0 Å². The molecule has 4 heteroatoms. The molecule has 17 heavy (non-hydrogen) atoms. The van der Waals surface area contributed by atoms with Crippen LogP contribution in [0.2, 0.25) is 0 Å². The molecule has 0 spiro atoms. The minimum atomic E-state index is -1.02. The fraction of sp³-hybridized carbons (Fsp3) is 0.538. The van der Waals surface area contributed by atoms with E-state index in [4.69, 9.17) is 10.5 Å². The lowest BCUT2D eigenvalue weighted by Gasteiger charge is -2.21. The van der Waals surface area contributed by atoms with Crippen molar-refractivity contribution in [2.75, 3.05) is 19.4 Å². The molecule has 2 N–H and O–H groups in total. The maximum atomic E-state index is 12.2. The van der Waals surface area contributed by atoms with Crippen LogP contribution in [0.15, 0.2) is 29.2 Å². The Hall–Kier alpha value is -0.870. The number of benzene rings is 1. The maximum Gasteiger partial charge on any atom is 0.134 e. The third kappa shape index (κ3) is 4.13. The van der Waals surface area contributed by atoms with Crippen LogP contribution < -0.4 is 10.5 Å². The van der Waals surface area contributed by atoms with Crippen molar-refractivity contribution in [2.24, 2.45) is 11.1 Å². The van der Waals surface area contributed by atoms with Gasteiger partial charge in [-0.25, -0.2) is 0 Å². The first-order valence-corrected chi connectivity index (χ1v) is 7.03. The second-order valence-corrected chi connectivity index (χ2v) is 6.36. The molecule has 1 aromatic rings. The molecule has 0 aliphatic carbocycles. The average molecular weight is 255 g/mol. The molecule has 0 saturated heterocycles. The lowest BCUT2D eigenvalue weighted by Crippen LogP contribution is -2.25. The molecular formula is C13H21NO2S. The summed E-state index contributed by atoms with van der Waals surface area (Å²) in [6, 6.07) is 7.44. The molecule has 0 heterocycles. The maximum absolute atomic E-state index is 12.2. The predicted molar refractivity (Wildman–Crippen MR) is 71.7 cm³/mol. The van der Waals surface area contributed by atoms with E-state index in [-0.39, 0.29) is 5.41 Å². The number of hydrogen-bond acceptors (Lipinski definition) is 3. The van der Waals surface area contributed by atoms with E-state index in [0.717, 1.165) is 11.3 Å². The number of ether oxygens (including phenoxy) is 1. The largest absolute Gasteiger partial charge is 0.495 e. The minimum Gasteiger partial charge on any atom is -0.495 e. The first-order valence-electron chi connectivity index (χ1n) is 5.71. The fourth-order valence-electron chi connectivity index (χ4n) is 1.39. The van der Waals surface area contributed by atoms with Crippen LogP contribution >= 0.6 is 0 Å². The Morgan fingerprint density at radius 1 is 1.35 bits per heavy atom. The summed E-state index contributed by atoms with van der Waals surface area (Å²) in [5.74, 6) is 1.31. The zero-order chi connectivity index (χ0) is 12.9. The Bertz CT molecular complexity index is 391. The third-order valence-corrected chi connectivity index (χ3v) is 4.23. The van der Waals surface area contributed by atoms with Gasteiger partial charge in [-0.15, -0.1) is 0 Å². The quantitative estimate of drug-likeness (QED) is 0.847. The van der Waals surface area contributed by atoms with E-state index < -0.39 is 10.8 Å². The summed E-state index contributed by atoms with van der Waals surface area (Å²) in [6.45, 7) is 4.79. The summed E-state index contributed by atoms with van der Waals surface area (Å²) in [5, 5.41) is 0.